The predicted molar refractivity (Wildman–Crippen MR) is 33.2 cm³/mol. The van der Waals surface area contributed by atoms with E-state index in [0.29, 0.717) is 6.42 Å². The summed E-state index contributed by atoms with van der Waals surface area (Å²) in [7, 11) is 0. The molecule has 10 heavy (non-hydrogen) atoms. The van der Waals surface area contributed by atoms with Crippen molar-refractivity contribution >= 4 is 11.6 Å². The third-order valence-corrected chi connectivity index (χ3v) is 1.22. The normalized spacial score (nSPS) is 23.7. The lowest BCUT2D eigenvalue weighted by molar-refractivity contribution is -0.112. The summed E-state index contributed by atoms with van der Waals surface area (Å²) in [6.07, 6.45) is -0.0752. The molecule has 0 aromatic carbocycles. The summed E-state index contributed by atoms with van der Waals surface area (Å²) in [6.45, 7) is -0.139. The van der Waals surface area contributed by atoms with Crippen LogP contribution in [0.25, 0.3) is 0 Å². The van der Waals surface area contributed by atoms with Crippen LogP contribution in [0.4, 0.5) is 0 Å². The second-order valence-electron chi connectivity index (χ2n) is 2.02. The first-order valence-electron chi connectivity index (χ1n) is 2.87. The van der Waals surface area contributed by atoms with Crippen LogP contribution >= 0.6 is 0 Å². The Labute approximate surface area is 57.5 Å². The minimum Gasteiger partial charge on any atom is -0.392 e. The second-order valence-corrected chi connectivity index (χ2v) is 2.02. The summed E-state index contributed by atoms with van der Waals surface area (Å²) in [5.74, 6) is -0.587. The van der Waals surface area contributed by atoms with Crippen molar-refractivity contribution in [3.63, 3.8) is 0 Å². The molecule has 0 spiro atoms. The van der Waals surface area contributed by atoms with Crippen molar-refractivity contribution < 1.29 is 14.7 Å². The third kappa shape index (κ3) is 1.24. The molecule has 0 aliphatic carbocycles. The van der Waals surface area contributed by atoms with Gasteiger partial charge in [-0.3, -0.25) is 4.79 Å². The van der Waals surface area contributed by atoms with E-state index in [4.69, 9.17) is 10.8 Å². The van der Waals surface area contributed by atoms with Crippen molar-refractivity contribution in [3.05, 3.63) is 0 Å². The first-order valence-corrected chi connectivity index (χ1v) is 2.87. The van der Waals surface area contributed by atoms with Crippen LogP contribution in [0, 0.1) is 0 Å². The van der Waals surface area contributed by atoms with Crippen LogP contribution in [0.15, 0.2) is 5.16 Å². The van der Waals surface area contributed by atoms with Crippen LogP contribution < -0.4 is 5.73 Å². The Bertz CT molecular complexity index is 178. The van der Waals surface area contributed by atoms with Crippen molar-refractivity contribution in [2.45, 2.75) is 12.5 Å². The van der Waals surface area contributed by atoms with E-state index in [2.05, 4.69) is 9.99 Å². The van der Waals surface area contributed by atoms with E-state index in [0.717, 1.165) is 0 Å². The number of aliphatic hydroxyl groups is 1. The lowest BCUT2D eigenvalue weighted by atomic mass is 10.2. The zero-order chi connectivity index (χ0) is 7.56. The SMILES string of the molecule is NC(=O)C1=NO[C@H](CO)C1. The molecule has 1 rings (SSSR count). The maximum atomic E-state index is 10.4. The van der Waals surface area contributed by atoms with Gasteiger partial charge >= 0.3 is 0 Å². The highest BCUT2D eigenvalue weighted by atomic mass is 16.6. The number of aliphatic hydroxyl groups excluding tert-OH is 1. The summed E-state index contributed by atoms with van der Waals surface area (Å²) in [5.41, 5.74) is 5.08. The van der Waals surface area contributed by atoms with Gasteiger partial charge in [-0.15, -0.1) is 0 Å². The van der Waals surface area contributed by atoms with E-state index in [1.165, 1.54) is 0 Å². The van der Waals surface area contributed by atoms with Gasteiger partial charge in [-0.05, 0) is 0 Å². The highest BCUT2D eigenvalue weighted by Gasteiger charge is 2.23. The number of oxime groups is 1. The summed E-state index contributed by atoms with van der Waals surface area (Å²) in [4.78, 5) is 15.0. The van der Waals surface area contributed by atoms with E-state index in [1.54, 1.807) is 0 Å². The predicted octanol–water partition coefficient (Wildman–Crippen LogP) is -1.39. The number of nitrogens with zero attached hydrogens (tertiary/aromatic N) is 1. The van der Waals surface area contributed by atoms with Crippen molar-refractivity contribution in [2.75, 3.05) is 6.61 Å². The number of carbonyl (C=O) groups is 1. The van der Waals surface area contributed by atoms with Gasteiger partial charge in [0.2, 0.25) is 0 Å². The van der Waals surface area contributed by atoms with E-state index < -0.39 is 5.91 Å². The number of nitrogens with two attached hydrogens (primary N) is 1. The number of rotatable bonds is 2. The maximum Gasteiger partial charge on any atom is 0.266 e. The van der Waals surface area contributed by atoms with Gasteiger partial charge in [0, 0.05) is 6.42 Å². The smallest absolute Gasteiger partial charge is 0.266 e. The first kappa shape index (κ1) is 7.01. The molecule has 0 bridgehead atoms. The average molecular weight is 144 g/mol. The zero-order valence-electron chi connectivity index (χ0n) is 5.28. The minimum atomic E-state index is -0.587. The Morgan fingerprint density at radius 3 is 3.00 bits per heavy atom. The molecule has 1 atom stereocenters. The maximum absolute atomic E-state index is 10.4. The molecular weight excluding hydrogens is 136 g/mol. The Morgan fingerprint density at radius 2 is 2.70 bits per heavy atom. The molecule has 56 valence electrons. The van der Waals surface area contributed by atoms with Crippen LogP contribution in [-0.2, 0) is 9.63 Å². The van der Waals surface area contributed by atoms with Gasteiger partial charge in [-0.2, -0.15) is 0 Å². The van der Waals surface area contributed by atoms with Crippen LogP contribution in [0.3, 0.4) is 0 Å². The number of hydrogen-bond acceptors (Lipinski definition) is 4. The lowest BCUT2D eigenvalue weighted by Gasteiger charge is -1.99. The summed E-state index contributed by atoms with van der Waals surface area (Å²) >= 11 is 0. The van der Waals surface area contributed by atoms with Crippen molar-refractivity contribution in [1.29, 1.82) is 0 Å². The molecule has 1 aliphatic heterocycles. The minimum absolute atomic E-state index is 0.139. The van der Waals surface area contributed by atoms with Crippen LogP contribution in [-0.4, -0.2) is 29.4 Å². The fraction of sp³-hybridized carbons (Fsp3) is 0.600. The molecule has 0 unspecified atom stereocenters. The summed E-state index contributed by atoms with van der Waals surface area (Å²) < 4.78 is 0. The fourth-order valence-electron chi connectivity index (χ4n) is 0.672. The van der Waals surface area contributed by atoms with Crippen molar-refractivity contribution in [2.24, 2.45) is 10.9 Å². The molecule has 0 fully saturated rings. The second kappa shape index (κ2) is 2.66. The number of amides is 1. The lowest BCUT2D eigenvalue weighted by Crippen LogP contribution is -2.24. The fourth-order valence-corrected chi connectivity index (χ4v) is 0.672. The molecule has 0 aromatic heterocycles. The molecule has 1 amide bonds. The summed E-state index contributed by atoms with van der Waals surface area (Å²) in [5, 5.41) is 11.9. The monoisotopic (exact) mass is 144 g/mol. The molecule has 5 nitrogen and oxygen atoms in total. The average Bonchev–Trinajstić information content (AvgIpc) is 2.34. The highest BCUT2D eigenvalue weighted by molar-refractivity contribution is 6.38. The van der Waals surface area contributed by atoms with Gasteiger partial charge in [-0.25, -0.2) is 0 Å². The number of hydrogen-bond donors (Lipinski definition) is 2. The Hall–Kier alpha value is -1.10. The standard InChI is InChI=1S/C5H8N2O3/c6-5(9)4-1-3(2-8)10-7-4/h3,8H,1-2H2,(H2,6,9)/t3-/m0/s1. The zero-order valence-corrected chi connectivity index (χ0v) is 5.28. The Morgan fingerprint density at radius 1 is 2.00 bits per heavy atom. The van der Waals surface area contributed by atoms with Crippen LogP contribution in [0.2, 0.25) is 0 Å². The number of primary amides is 1. The van der Waals surface area contributed by atoms with Gasteiger partial charge in [0.15, 0.2) is 6.10 Å². The first-order chi connectivity index (χ1) is 4.74. The van der Waals surface area contributed by atoms with E-state index >= 15 is 0 Å². The molecule has 0 aromatic rings. The van der Waals surface area contributed by atoms with Gasteiger partial charge in [-0.1, -0.05) is 5.16 Å². The Balaban J connectivity index is 2.47. The molecular formula is C5H8N2O3. The molecule has 0 saturated carbocycles. The Kier molecular flexibility index (Phi) is 1.86. The van der Waals surface area contributed by atoms with Gasteiger partial charge in [0.05, 0.1) is 6.61 Å². The van der Waals surface area contributed by atoms with E-state index in [1.807, 2.05) is 0 Å². The van der Waals surface area contributed by atoms with Crippen molar-refractivity contribution in [3.8, 4) is 0 Å². The molecule has 0 radical (unpaired) electrons. The topological polar surface area (TPSA) is 84.9 Å². The largest absolute Gasteiger partial charge is 0.392 e. The number of carbonyl (C=O) groups excluding carboxylic acids is 1. The van der Waals surface area contributed by atoms with Gasteiger partial charge < -0.3 is 15.7 Å². The van der Waals surface area contributed by atoms with Gasteiger partial charge in [0.1, 0.15) is 5.71 Å². The third-order valence-electron chi connectivity index (χ3n) is 1.22. The quantitative estimate of drug-likeness (QED) is 0.500. The van der Waals surface area contributed by atoms with Crippen LogP contribution in [0.5, 0.6) is 0 Å². The van der Waals surface area contributed by atoms with Crippen LogP contribution in [0.1, 0.15) is 6.42 Å². The molecule has 1 heterocycles. The van der Waals surface area contributed by atoms with E-state index in [9.17, 15) is 4.79 Å². The molecule has 0 saturated heterocycles. The van der Waals surface area contributed by atoms with Gasteiger partial charge in [0.25, 0.3) is 5.91 Å². The molecule has 1 aliphatic rings. The summed E-state index contributed by atoms with van der Waals surface area (Å²) in [6, 6.07) is 0. The molecule has 5 heteroatoms. The molecule has 3 N–H and O–H groups in total. The van der Waals surface area contributed by atoms with Crippen molar-refractivity contribution in [1.82, 2.24) is 0 Å². The van der Waals surface area contributed by atoms with E-state index in [-0.39, 0.29) is 18.4 Å². The highest BCUT2D eigenvalue weighted by Crippen LogP contribution is 2.08.